The average molecular weight is 667 g/mol. The first kappa shape index (κ1) is 28.8. The van der Waals surface area contributed by atoms with Gasteiger partial charge in [-0.25, -0.2) is 9.59 Å². The summed E-state index contributed by atoms with van der Waals surface area (Å²) in [6.07, 6.45) is 0. The molecule has 4 nitrogen and oxygen atoms in total. The Balaban J connectivity index is 0.949. The van der Waals surface area contributed by atoms with Crippen LogP contribution in [0.25, 0.3) is 86.2 Å². The number of rotatable bonds is 4. The average Bonchev–Trinajstić information content (AvgIpc) is 3.19. The fraction of sp³-hybridized carbons (Fsp3) is 0. The van der Waals surface area contributed by atoms with E-state index in [0.717, 1.165) is 75.4 Å². The Morgan fingerprint density at radius 1 is 0.288 bits per heavy atom. The first-order chi connectivity index (χ1) is 25.6. The Hall–Kier alpha value is -7.04. The van der Waals surface area contributed by atoms with Gasteiger partial charge in [0.1, 0.15) is 11.5 Å². The van der Waals surface area contributed by atoms with Gasteiger partial charge in [0.2, 0.25) is 0 Å². The molecule has 52 heavy (non-hydrogen) atoms. The van der Waals surface area contributed by atoms with Crippen LogP contribution in [0.2, 0.25) is 0 Å². The minimum atomic E-state index is -0.503. The van der Waals surface area contributed by atoms with Gasteiger partial charge in [0, 0.05) is 21.5 Å². The lowest BCUT2D eigenvalue weighted by Gasteiger charge is -2.17. The van der Waals surface area contributed by atoms with Crippen LogP contribution in [0.1, 0.15) is 20.7 Å². The van der Waals surface area contributed by atoms with E-state index in [9.17, 15) is 9.59 Å². The van der Waals surface area contributed by atoms with Gasteiger partial charge >= 0.3 is 11.9 Å². The van der Waals surface area contributed by atoms with E-state index in [1.807, 2.05) is 36.4 Å². The van der Waals surface area contributed by atoms with Crippen LogP contribution in [-0.4, -0.2) is 11.9 Å². The van der Waals surface area contributed by atoms with Gasteiger partial charge in [-0.3, -0.25) is 0 Å². The van der Waals surface area contributed by atoms with Gasteiger partial charge in [0.25, 0.3) is 0 Å². The quantitative estimate of drug-likeness (QED) is 0.0812. The zero-order chi connectivity index (χ0) is 34.5. The number of hydrogen-bond donors (Lipinski definition) is 0. The van der Waals surface area contributed by atoms with Crippen molar-refractivity contribution >= 4 is 98.1 Å². The highest BCUT2D eigenvalue weighted by Crippen LogP contribution is 2.45. The predicted molar refractivity (Wildman–Crippen MR) is 212 cm³/mol. The maximum atomic E-state index is 13.7. The topological polar surface area (TPSA) is 52.6 Å². The van der Waals surface area contributed by atoms with E-state index in [2.05, 4.69) is 97.1 Å². The Kier molecular flexibility index (Phi) is 5.93. The molecule has 0 saturated carbocycles. The summed E-state index contributed by atoms with van der Waals surface area (Å²) in [5.41, 5.74) is 0.667. The number of benzene rings is 11. The molecule has 0 heterocycles. The SMILES string of the molecule is O=C(Oc1ccc2cccc3c4cccc5cccc(c1c23)c54)c1ccc(C(=O)Oc2ccc3cccc4c5cccc6cccc(c2c34)c65)cc1. The van der Waals surface area contributed by atoms with Gasteiger partial charge < -0.3 is 9.47 Å². The van der Waals surface area contributed by atoms with E-state index in [1.165, 1.54) is 10.8 Å². The van der Waals surface area contributed by atoms with Crippen molar-refractivity contribution in [2.45, 2.75) is 0 Å². The first-order valence-electron chi connectivity index (χ1n) is 17.3. The lowest BCUT2D eigenvalue weighted by molar-refractivity contribution is 0.0723. The van der Waals surface area contributed by atoms with E-state index in [1.54, 1.807) is 24.3 Å². The van der Waals surface area contributed by atoms with Crippen LogP contribution < -0.4 is 9.47 Å². The fourth-order valence-electron chi connectivity index (χ4n) is 8.48. The third kappa shape index (κ3) is 4.03. The lowest BCUT2D eigenvalue weighted by Crippen LogP contribution is -2.11. The Morgan fingerprint density at radius 3 is 0.962 bits per heavy atom. The monoisotopic (exact) mass is 666 g/mol. The summed E-state index contributed by atoms with van der Waals surface area (Å²) in [6.45, 7) is 0. The number of ether oxygens (including phenoxy) is 2. The minimum absolute atomic E-state index is 0.334. The molecule has 0 unspecified atom stereocenters. The molecule has 0 spiro atoms. The fourth-order valence-corrected chi connectivity index (χ4v) is 8.48. The summed E-state index contributed by atoms with van der Waals surface area (Å²) < 4.78 is 12.3. The van der Waals surface area contributed by atoms with E-state index in [4.69, 9.17) is 9.47 Å². The van der Waals surface area contributed by atoms with Crippen LogP contribution in [0.15, 0.2) is 158 Å². The molecule has 11 aromatic rings. The molecule has 0 aliphatic carbocycles. The third-order valence-corrected chi connectivity index (χ3v) is 10.7. The Bertz CT molecular complexity index is 3040. The molecule has 0 saturated heterocycles. The van der Waals surface area contributed by atoms with Crippen LogP contribution >= 0.6 is 0 Å². The van der Waals surface area contributed by atoms with Crippen molar-refractivity contribution < 1.29 is 19.1 Å². The molecule has 242 valence electrons. The van der Waals surface area contributed by atoms with Crippen molar-refractivity contribution in [3.8, 4) is 11.5 Å². The molecule has 0 aliphatic rings. The molecule has 11 aromatic carbocycles. The molecule has 0 bridgehead atoms. The number of carbonyl (C=O) groups excluding carboxylic acids is 2. The van der Waals surface area contributed by atoms with Crippen LogP contribution in [0.3, 0.4) is 0 Å². The molecule has 11 rings (SSSR count). The summed E-state index contributed by atoms with van der Waals surface area (Å²) in [4.78, 5) is 27.4. The molecular formula is C48H26O4. The Labute approximate surface area is 296 Å². The van der Waals surface area contributed by atoms with Crippen molar-refractivity contribution in [2.75, 3.05) is 0 Å². The molecule has 0 radical (unpaired) electrons. The van der Waals surface area contributed by atoms with Gasteiger partial charge in [-0.15, -0.1) is 0 Å². The second-order valence-electron chi connectivity index (χ2n) is 13.5. The first-order valence-corrected chi connectivity index (χ1v) is 17.3. The summed E-state index contributed by atoms with van der Waals surface area (Å²) in [6, 6.07) is 52.0. The molecule has 4 heteroatoms. The third-order valence-electron chi connectivity index (χ3n) is 10.7. The minimum Gasteiger partial charge on any atom is -0.422 e. The lowest BCUT2D eigenvalue weighted by atomic mass is 9.89. The molecule has 0 fully saturated rings. The van der Waals surface area contributed by atoms with Crippen LogP contribution in [-0.2, 0) is 0 Å². The van der Waals surface area contributed by atoms with Gasteiger partial charge in [0.15, 0.2) is 0 Å². The number of fused-ring (bicyclic) bond motifs is 4. The zero-order valence-electron chi connectivity index (χ0n) is 27.6. The second-order valence-corrected chi connectivity index (χ2v) is 13.5. The number of hydrogen-bond acceptors (Lipinski definition) is 4. The number of carbonyl (C=O) groups is 2. The Morgan fingerprint density at radius 2 is 0.596 bits per heavy atom. The van der Waals surface area contributed by atoms with Gasteiger partial charge in [0.05, 0.1) is 11.1 Å². The van der Waals surface area contributed by atoms with Crippen molar-refractivity contribution in [2.24, 2.45) is 0 Å². The highest BCUT2D eigenvalue weighted by molar-refractivity contribution is 6.35. The molecule has 0 aromatic heterocycles. The standard InChI is InChI=1S/C48H26O4/c49-47(51-39-25-23-29-11-3-15-35-33-13-1-7-27-9-5-17-37(41(27)33)45(39)43(29)35)31-19-21-32(22-20-31)48(50)52-40-26-24-30-12-4-16-36-34-14-2-8-28-10-6-18-38(42(28)34)46(40)44(30)36/h1-26H. The summed E-state index contributed by atoms with van der Waals surface area (Å²) in [5.74, 6) is -0.0112. The smallest absolute Gasteiger partial charge is 0.343 e. The van der Waals surface area contributed by atoms with E-state index in [-0.39, 0.29) is 0 Å². The maximum absolute atomic E-state index is 13.7. The number of esters is 2. The van der Waals surface area contributed by atoms with Gasteiger partial charge in [-0.2, -0.15) is 0 Å². The molecular weight excluding hydrogens is 641 g/mol. The molecule has 0 amide bonds. The zero-order valence-corrected chi connectivity index (χ0v) is 27.6. The molecule has 0 N–H and O–H groups in total. The summed E-state index contributed by atoms with van der Waals surface area (Å²) in [5, 5.41) is 17.3. The van der Waals surface area contributed by atoms with E-state index >= 15 is 0 Å². The van der Waals surface area contributed by atoms with Crippen molar-refractivity contribution in [3.05, 3.63) is 169 Å². The molecule has 0 aliphatic heterocycles. The van der Waals surface area contributed by atoms with Crippen molar-refractivity contribution in [3.63, 3.8) is 0 Å². The van der Waals surface area contributed by atoms with E-state index in [0.29, 0.717) is 22.6 Å². The normalized spacial score (nSPS) is 12.0. The van der Waals surface area contributed by atoms with Gasteiger partial charge in [-0.1, -0.05) is 121 Å². The van der Waals surface area contributed by atoms with Gasteiger partial charge in [-0.05, 0) is 101 Å². The predicted octanol–water partition coefficient (Wildman–Crippen LogP) is 12.2. The summed E-state index contributed by atoms with van der Waals surface area (Å²) in [7, 11) is 0. The molecule has 0 atom stereocenters. The van der Waals surface area contributed by atoms with Crippen LogP contribution in [0.5, 0.6) is 11.5 Å². The maximum Gasteiger partial charge on any atom is 0.343 e. The highest BCUT2D eigenvalue weighted by atomic mass is 16.5. The van der Waals surface area contributed by atoms with Crippen molar-refractivity contribution in [1.29, 1.82) is 0 Å². The van der Waals surface area contributed by atoms with Crippen LogP contribution in [0.4, 0.5) is 0 Å². The van der Waals surface area contributed by atoms with Crippen molar-refractivity contribution in [1.82, 2.24) is 0 Å². The summed E-state index contributed by atoms with van der Waals surface area (Å²) >= 11 is 0. The van der Waals surface area contributed by atoms with E-state index < -0.39 is 11.9 Å². The largest absolute Gasteiger partial charge is 0.422 e. The highest BCUT2D eigenvalue weighted by Gasteiger charge is 2.21. The van der Waals surface area contributed by atoms with Crippen LogP contribution in [0, 0.1) is 0 Å². The second kappa shape index (κ2) is 10.7.